The van der Waals surface area contributed by atoms with Gasteiger partial charge in [0.15, 0.2) is 11.5 Å². The van der Waals surface area contributed by atoms with Gasteiger partial charge in [-0.3, -0.25) is 4.79 Å². The number of aliphatic hydroxyl groups excluding tert-OH is 2. The number of carbonyl (C=O) groups is 1. The topological polar surface area (TPSA) is 94.5 Å². The van der Waals surface area contributed by atoms with E-state index < -0.39 is 5.79 Å². The van der Waals surface area contributed by atoms with Crippen molar-refractivity contribution in [2.45, 2.75) is 19.1 Å². The van der Waals surface area contributed by atoms with Crippen LogP contribution in [0.5, 0.6) is 11.5 Å². The average molecular weight is 326 g/mol. The van der Waals surface area contributed by atoms with Gasteiger partial charge in [-0.2, -0.15) is 0 Å². The second-order valence-corrected chi connectivity index (χ2v) is 5.33. The van der Waals surface area contributed by atoms with Crippen molar-refractivity contribution in [2.75, 3.05) is 39.6 Å². The smallest absolute Gasteiger partial charge is 0.298 e. The largest absolute Gasteiger partial charge is 0.444 e. The minimum Gasteiger partial charge on any atom is -0.444 e. The van der Waals surface area contributed by atoms with Gasteiger partial charge in [0.2, 0.25) is 0 Å². The fourth-order valence-electron chi connectivity index (χ4n) is 2.28. The molecule has 2 N–H and O–H groups in total. The van der Waals surface area contributed by atoms with Crippen molar-refractivity contribution in [3.05, 3.63) is 23.8 Å². The van der Waals surface area contributed by atoms with Gasteiger partial charge in [-0.25, -0.2) is 0 Å². The summed E-state index contributed by atoms with van der Waals surface area (Å²) in [7, 11) is 0. The lowest BCUT2D eigenvalue weighted by Gasteiger charge is -2.27. The first-order chi connectivity index (χ1) is 11.1. The molecule has 1 aliphatic heterocycles. The Kier molecular flexibility index (Phi) is 6.35. The summed E-state index contributed by atoms with van der Waals surface area (Å²) >= 11 is 0. The number of hydrogen-bond acceptors (Lipinski definition) is 7. The molecule has 0 atom stereocenters. The lowest BCUT2D eigenvalue weighted by molar-refractivity contribution is -0.172. The van der Waals surface area contributed by atoms with Crippen LogP contribution in [-0.4, -0.2) is 61.4 Å². The predicted molar refractivity (Wildman–Crippen MR) is 80.6 cm³/mol. The van der Waals surface area contributed by atoms with E-state index in [2.05, 4.69) is 0 Å². The first-order valence-electron chi connectivity index (χ1n) is 7.46. The van der Waals surface area contributed by atoms with Gasteiger partial charge in [-0.05, 0) is 24.6 Å². The van der Waals surface area contributed by atoms with Gasteiger partial charge in [0.1, 0.15) is 19.0 Å². The van der Waals surface area contributed by atoms with E-state index in [0.717, 1.165) is 5.56 Å². The summed E-state index contributed by atoms with van der Waals surface area (Å²) in [5.74, 6) is -0.0456. The molecule has 1 aliphatic rings. The molecule has 1 aromatic carbocycles. The Morgan fingerprint density at radius 2 is 1.70 bits per heavy atom. The molecule has 1 aromatic rings. The number of rotatable bonds is 10. The van der Waals surface area contributed by atoms with Gasteiger partial charge in [0, 0.05) is 6.42 Å². The zero-order chi connectivity index (χ0) is 16.7. The number of ketones is 1. The Balaban J connectivity index is 2.09. The van der Waals surface area contributed by atoms with Crippen LogP contribution in [0, 0.1) is 0 Å². The van der Waals surface area contributed by atoms with Gasteiger partial charge < -0.3 is 29.2 Å². The highest BCUT2D eigenvalue weighted by molar-refractivity contribution is 5.78. The van der Waals surface area contributed by atoms with E-state index in [1.807, 2.05) is 6.07 Å². The molecule has 0 saturated heterocycles. The molecule has 0 saturated carbocycles. The molecule has 0 radical (unpaired) electrons. The number of fused-ring (bicyclic) bond motifs is 1. The number of carbonyl (C=O) groups excluding carboxylic acids is 1. The monoisotopic (exact) mass is 326 g/mol. The van der Waals surface area contributed by atoms with Crippen LogP contribution >= 0.6 is 0 Å². The average Bonchev–Trinajstić information content (AvgIpc) is 2.85. The van der Waals surface area contributed by atoms with Crippen LogP contribution in [0.3, 0.4) is 0 Å². The van der Waals surface area contributed by atoms with Crippen molar-refractivity contribution in [3.63, 3.8) is 0 Å². The molecule has 7 heteroatoms. The van der Waals surface area contributed by atoms with Crippen LogP contribution in [0.1, 0.15) is 12.5 Å². The summed E-state index contributed by atoms with van der Waals surface area (Å²) in [5, 5.41) is 17.7. The van der Waals surface area contributed by atoms with E-state index in [1.54, 1.807) is 12.1 Å². The first-order valence-corrected chi connectivity index (χ1v) is 7.46. The van der Waals surface area contributed by atoms with E-state index in [9.17, 15) is 4.79 Å². The van der Waals surface area contributed by atoms with Gasteiger partial charge in [0.25, 0.3) is 5.79 Å². The second kappa shape index (κ2) is 8.26. The maximum absolute atomic E-state index is 11.2. The van der Waals surface area contributed by atoms with Gasteiger partial charge >= 0.3 is 0 Å². The second-order valence-electron chi connectivity index (χ2n) is 5.33. The Bertz CT molecular complexity index is 519. The lowest BCUT2D eigenvalue weighted by Crippen LogP contribution is -2.48. The van der Waals surface area contributed by atoms with E-state index in [4.69, 9.17) is 29.2 Å². The molecular weight excluding hydrogens is 304 g/mol. The Hall–Kier alpha value is -1.67. The molecule has 0 amide bonds. The summed E-state index contributed by atoms with van der Waals surface area (Å²) in [6.07, 6.45) is 0.325. The van der Waals surface area contributed by atoms with E-state index >= 15 is 0 Å². The molecular formula is C16H22O7. The zero-order valence-corrected chi connectivity index (χ0v) is 13.1. The number of benzene rings is 1. The normalized spacial score (nSPS) is 14.9. The Morgan fingerprint density at radius 1 is 1.09 bits per heavy atom. The zero-order valence-electron chi connectivity index (χ0n) is 13.1. The molecule has 7 nitrogen and oxygen atoms in total. The number of hydrogen-bond donors (Lipinski definition) is 2. The summed E-state index contributed by atoms with van der Waals surface area (Å²) in [5.41, 5.74) is 0.836. The highest BCUT2D eigenvalue weighted by Gasteiger charge is 2.42. The number of aliphatic hydroxyl groups is 2. The molecule has 128 valence electrons. The third kappa shape index (κ3) is 4.90. The minimum atomic E-state index is -1.17. The van der Waals surface area contributed by atoms with Crippen LogP contribution < -0.4 is 9.47 Å². The van der Waals surface area contributed by atoms with E-state index in [1.165, 1.54) is 6.92 Å². The summed E-state index contributed by atoms with van der Waals surface area (Å²) in [4.78, 5) is 11.2. The predicted octanol–water partition coefficient (Wildman–Crippen LogP) is 0.303. The van der Waals surface area contributed by atoms with Crippen LogP contribution in [0.25, 0.3) is 0 Å². The molecule has 0 aliphatic carbocycles. The first kappa shape index (κ1) is 17.7. The van der Waals surface area contributed by atoms with Crippen molar-refractivity contribution >= 4 is 5.78 Å². The van der Waals surface area contributed by atoms with Crippen LogP contribution in [-0.2, 0) is 20.7 Å². The molecule has 0 spiro atoms. The quantitative estimate of drug-likeness (QED) is 0.597. The molecule has 0 fully saturated rings. The number of ether oxygens (including phenoxy) is 4. The highest BCUT2D eigenvalue weighted by Crippen LogP contribution is 2.40. The van der Waals surface area contributed by atoms with Crippen LogP contribution in [0.4, 0.5) is 0 Å². The minimum absolute atomic E-state index is 0.0627. The van der Waals surface area contributed by atoms with Gasteiger partial charge in [0.05, 0.1) is 26.4 Å². The third-order valence-corrected chi connectivity index (χ3v) is 3.17. The maximum Gasteiger partial charge on any atom is 0.298 e. The van der Waals surface area contributed by atoms with Crippen molar-refractivity contribution in [3.8, 4) is 11.5 Å². The maximum atomic E-state index is 11.2. The molecule has 0 bridgehead atoms. The molecule has 1 heterocycles. The molecule has 0 aromatic heterocycles. The van der Waals surface area contributed by atoms with Gasteiger partial charge in [-0.1, -0.05) is 6.07 Å². The highest BCUT2D eigenvalue weighted by atomic mass is 16.8. The lowest BCUT2D eigenvalue weighted by atomic mass is 10.1. The van der Waals surface area contributed by atoms with Crippen molar-refractivity contribution in [2.24, 2.45) is 0 Å². The van der Waals surface area contributed by atoms with E-state index in [0.29, 0.717) is 17.9 Å². The standard InChI is InChI=1S/C16H22O7/c1-12(19)8-13-2-3-14-15(9-13)23-16(22-14,10-20-6-4-17)11-21-7-5-18/h2-3,9,17-18H,4-8,10-11H2,1H3. The summed E-state index contributed by atoms with van der Waals surface area (Å²) < 4.78 is 22.4. The van der Waals surface area contributed by atoms with E-state index in [-0.39, 0.29) is 45.4 Å². The Labute approximate surface area is 134 Å². The SMILES string of the molecule is CC(=O)Cc1ccc2c(c1)OC(COCCO)(COCCO)O2. The number of Topliss-reactive ketones (excluding diaryl/α,β-unsaturated/α-hetero) is 1. The van der Waals surface area contributed by atoms with Crippen molar-refractivity contribution in [1.29, 1.82) is 0 Å². The fraction of sp³-hybridized carbons (Fsp3) is 0.562. The molecule has 0 unspecified atom stereocenters. The fourth-order valence-corrected chi connectivity index (χ4v) is 2.28. The molecule has 23 heavy (non-hydrogen) atoms. The third-order valence-electron chi connectivity index (χ3n) is 3.17. The van der Waals surface area contributed by atoms with Crippen LogP contribution in [0.2, 0.25) is 0 Å². The summed E-state index contributed by atoms with van der Waals surface area (Å²) in [6.45, 7) is 1.75. The van der Waals surface area contributed by atoms with Crippen molar-refractivity contribution < 1.29 is 34.0 Å². The van der Waals surface area contributed by atoms with Gasteiger partial charge in [-0.15, -0.1) is 0 Å². The summed E-state index contributed by atoms with van der Waals surface area (Å²) in [6, 6.07) is 5.31. The van der Waals surface area contributed by atoms with Crippen molar-refractivity contribution in [1.82, 2.24) is 0 Å². The molecule has 2 rings (SSSR count). The van der Waals surface area contributed by atoms with Crippen LogP contribution in [0.15, 0.2) is 18.2 Å². The Morgan fingerprint density at radius 3 is 2.26 bits per heavy atom.